The lowest BCUT2D eigenvalue weighted by Crippen LogP contribution is -1.96. The summed E-state index contributed by atoms with van der Waals surface area (Å²) in [4.78, 5) is 7.96. The Kier molecular flexibility index (Phi) is 2.05. The molecule has 1 aromatic heterocycles. The first-order chi connectivity index (χ1) is 6.68. The fraction of sp³-hybridized carbons (Fsp3) is 0.200. The highest BCUT2D eigenvalue weighted by Gasteiger charge is 2.04. The third-order valence-corrected chi connectivity index (χ3v) is 2.17. The molecule has 0 aliphatic rings. The van der Waals surface area contributed by atoms with Gasteiger partial charge in [0.15, 0.2) is 0 Å². The van der Waals surface area contributed by atoms with E-state index in [1.54, 1.807) is 6.92 Å². The molecule has 2 aromatic rings. The van der Waals surface area contributed by atoms with E-state index in [2.05, 4.69) is 9.97 Å². The molecule has 0 saturated heterocycles. The molecule has 1 heterocycles. The molecule has 3 N–H and O–H groups in total. The standard InChI is InChI=1S/C10H11N3O/c1-6(14)7-2-3-9-8(4-7)10(11)13-5-12-9/h2-6,14H,1H3,(H2,11,12,13). The van der Waals surface area contributed by atoms with Gasteiger partial charge in [-0.1, -0.05) is 6.07 Å². The predicted octanol–water partition coefficient (Wildman–Crippen LogP) is 1.27. The van der Waals surface area contributed by atoms with Crippen molar-refractivity contribution in [1.29, 1.82) is 0 Å². The Morgan fingerprint density at radius 2 is 2.14 bits per heavy atom. The molecule has 0 aliphatic carbocycles. The second kappa shape index (κ2) is 3.23. The van der Waals surface area contributed by atoms with E-state index in [4.69, 9.17) is 5.73 Å². The number of aromatic nitrogens is 2. The van der Waals surface area contributed by atoms with Crippen molar-refractivity contribution >= 4 is 16.7 Å². The maximum Gasteiger partial charge on any atom is 0.134 e. The van der Waals surface area contributed by atoms with Gasteiger partial charge in [0.05, 0.1) is 11.6 Å². The highest BCUT2D eigenvalue weighted by atomic mass is 16.3. The molecule has 72 valence electrons. The number of fused-ring (bicyclic) bond motifs is 1. The lowest BCUT2D eigenvalue weighted by atomic mass is 10.1. The molecular formula is C10H11N3O. The van der Waals surface area contributed by atoms with Gasteiger partial charge in [0.1, 0.15) is 12.1 Å². The average Bonchev–Trinajstić information content (AvgIpc) is 2.18. The highest BCUT2D eigenvalue weighted by molar-refractivity contribution is 5.88. The van der Waals surface area contributed by atoms with Crippen molar-refractivity contribution in [2.24, 2.45) is 0 Å². The second-order valence-corrected chi connectivity index (χ2v) is 3.21. The second-order valence-electron chi connectivity index (χ2n) is 3.21. The topological polar surface area (TPSA) is 72.0 Å². The van der Waals surface area contributed by atoms with Crippen molar-refractivity contribution in [3.63, 3.8) is 0 Å². The van der Waals surface area contributed by atoms with Crippen LogP contribution in [0.5, 0.6) is 0 Å². The number of aliphatic hydroxyl groups is 1. The molecule has 14 heavy (non-hydrogen) atoms. The zero-order valence-corrected chi connectivity index (χ0v) is 7.81. The summed E-state index contributed by atoms with van der Waals surface area (Å²) in [6.45, 7) is 1.71. The number of rotatable bonds is 1. The first-order valence-electron chi connectivity index (χ1n) is 4.36. The van der Waals surface area contributed by atoms with E-state index in [0.29, 0.717) is 5.82 Å². The van der Waals surface area contributed by atoms with E-state index in [1.165, 1.54) is 6.33 Å². The number of aliphatic hydroxyl groups excluding tert-OH is 1. The Bertz CT molecular complexity index is 468. The Hall–Kier alpha value is -1.68. The van der Waals surface area contributed by atoms with Crippen LogP contribution in [-0.2, 0) is 0 Å². The van der Waals surface area contributed by atoms with Crippen LogP contribution in [0.3, 0.4) is 0 Å². The van der Waals surface area contributed by atoms with E-state index in [9.17, 15) is 5.11 Å². The molecule has 1 unspecified atom stereocenters. The summed E-state index contributed by atoms with van der Waals surface area (Å²) >= 11 is 0. The summed E-state index contributed by atoms with van der Waals surface area (Å²) in [7, 11) is 0. The molecule has 0 amide bonds. The monoisotopic (exact) mass is 189 g/mol. The number of nitrogens with zero attached hydrogens (tertiary/aromatic N) is 2. The lowest BCUT2D eigenvalue weighted by Gasteiger charge is -2.06. The molecule has 0 radical (unpaired) electrons. The Balaban J connectivity index is 2.70. The quantitative estimate of drug-likeness (QED) is 0.708. The minimum atomic E-state index is -0.501. The molecular weight excluding hydrogens is 178 g/mol. The largest absolute Gasteiger partial charge is 0.389 e. The van der Waals surface area contributed by atoms with Crippen molar-refractivity contribution in [2.75, 3.05) is 5.73 Å². The normalized spacial score (nSPS) is 13.0. The molecule has 1 aromatic carbocycles. The van der Waals surface area contributed by atoms with Crippen LogP contribution in [0.15, 0.2) is 24.5 Å². The molecule has 0 aliphatic heterocycles. The third kappa shape index (κ3) is 1.40. The average molecular weight is 189 g/mol. The van der Waals surface area contributed by atoms with Crippen LogP contribution in [0.2, 0.25) is 0 Å². The molecule has 0 spiro atoms. The maximum absolute atomic E-state index is 9.39. The fourth-order valence-corrected chi connectivity index (χ4v) is 1.35. The number of hydrogen-bond acceptors (Lipinski definition) is 4. The van der Waals surface area contributed by atoms with Gasteiger partial charge in [-0.05, 0) is 24.6 Å². The Labute approximate surface area is 81.4 Å². The van der Waals surface area contributed by atoms with E-state index in [0.717, 1.165) is 16.5 Å². The fourth-order valence-electron chi connectivity index (χ4n) is 1.35. The van der Waals surface area contributed by atoms with Gasteiger partial charge in [0, 0.05) is 5.39 Å². The van der Waals surface area contributed by atoms with Crippen LogP contribution < -0.4 is 5.73 Å². The Morgan fingerprint density at radius 1 is 1.36 bits per heavy atom. The van der Waals surface area contributed by atoms with E-state index >= 15 is 0 Å². The molecule has 0 fully saturated rings. The molecule has 4 heteroatoms. The number of hydrogen-bond donors (Lipinski definition) is 2. The van der Waals surface area contributed by atoms with Crippen LogP contribution >= 0.6 is 0 Å². The molecule has 1 atom stereocenters. The molecule has 4 nitrogen and oxygen atoms in total. The van der Waals surface area contributed by atoms with Crippen LogP contribution in [0, 0.1) is 0 Å². The minimum absolute atomic E-state index is 0.442. The van der Waals surface area contributed by atoms with Gasteiger partial charge >= 0.3 is 0 Å². The summed E-state index contributed by atoms with van der Waals surface area (Å²) < 4.78 is 0. The van der Waals surface area contributed by atoms with Gasteiger partial charge in [-0.25, -0.2) is 9.97 Å². The van der Waals surface area contributed by atoms with Crippen molar-refractivity contribution in [3.05, 3.63) is 30.1 Å². The first-order valence-corrected chi connectivity index (χ1v) is 4.36. The van der Waals surface area contributed by atoms with Gasteiger partial charge in [-0.3, -0.25) is 0 Å². The van der Waals surface area contributed by atoms with Gasteiger partial charge in [0.2, 0.25) is 0 Å². The first kappa shape index (κ1) is 8.90. The highest BCUT2D eigenvalue weighted by Crippen LogP contribution is 2.21. The summed E-state index contributed by atoms with van der Waals surface area (Å²) in [6, 6.07) is 5.48. The SMILES string of the molecule is CC(O)c1ccc2ncnc(N)c2c1. The lowest BCUT2D eigenvalue weighted by molar-refractivity contribution is 0.199. The van der Waals surface area contributed by atoms with Crippen LogP contribution in [0.1, 0.15) is 18.6 Å². The van der Waals surface area contributed by atoms with Crippen LogP contribution in [-0.4, -0.2) is 15.1 Å². The minimum Gasteiger partial charge on any atom is -0.389 e. The molecule has 0 bridgehead atoms. The number of nitrogen functional groups attached to an aromatic ring is 1. The van der Waals surface area contributed by atoms with Gasteiger partial charge < -0.3 is 10.8 Å². The summed E-state index contributed by atoms with van der Waals surface area (Å²) in [5.74, 6) is 0.442. The predicted molar refractivity (Wildman–Crippen MR) is 54.6 cm³/mol. The van der Waals surface area contributed by atoms with Crippen molar-refractivity contribution in [1.82, 2.24) is 9.97 Å². The number of benzene rings is 1. The summed E-state index contributed by atoms with van der Waals surface area (Å²) in [6.07, 6.45) is 0.929. The van der Waals surface area contributed by atoms with Crippen LogP contribution in [0.25, 0.3) is 10.9 Å². The number of anilines is 1. The molecule has 0 saturated carbocycles. The summed E-state index contributed by atoms with van der Waals surface area (Å²) in [5, 5.41) is 10.2. The third-order valence-electron chi connectivity index (χ3n) is 2.17. The molecule has 2 rings (SSSR count). The number of nitrogens with two attached hydrogens (primary N) is 1. The smallest absolute Gasteiger partial charge is 0.134 e. The van der Waals surface area contributed by atoms with Crippen molar-refractivity contribution in [2.45, 2.75) is 13.0 Å². The van der Waals surface area contributed by atoms with E-state index in [-0.39, 0.29) is 0 Å². The zero-order chi connectivity index (χ0) is 10.1. The van der Waals surface area contributed by atoms with Crippen molar-refractivity contribution in [3.8, 4) is 0 Å². The maximum atomic E-state index is 9.39. The van der Waals surface area contributed by atoms with Crippen molar-refractivity contribution < 1.29 is 5.11 Å². The van der Waals surface area contributed by atoms with E-state index < -0.39 is 6.10 Å². The summed E-state index contributed by atoms with van der Waals surface area (Å²) in [5.41, 5.74) is 7.30. The van der Waals surface area contributed by atoms with Gasteiger partial charge in [0.25, 0.3) is 0 Å². The Morgan fingerprint density at radius 3 is 2.86 bits per heavy atom. The van der Waals surface area contributed by atoms with Crippen LogP contribution in [0.4, 0.5) is 5.82 Å². The van der Waals surface area contributed by atoms with Gasteiger partial charge in [-0.2, -0.15) is 0 Å². The van der Waals surface area contributed by atoms with E-state index in [1.807, 2.05) is 18.2 Å². The van der Waals surface area contributed by atoms with Gasteiger partial charge in [-0.15, -0.1) is 0 Å². The zero-order valence-electron chi connectivity index (χ0n) is 7.81.